The molecular formula is C16H26ClN3O4S. The number of nitrogens with one attached hydrogen (secondary N) is 2. The summed E-state index contributed by atoms with van der Waals surface area (Å²) in [7, 11) is -1.94. The van der Waals surface area contributed by atoms with E-state index in [-0.39, 0.29) is 35.3 Å². The highest BCUT2D eigenvalue weighted by atomic mass is 35.5. The van der Waals surface area contributed by atoms with Gasteiger partial charge in [0.25, 0.3) is 0 Å². The zero-order valence-corrected chi connectivity index (χ0v) is 16.2. The summed E-state index contributed by atoms with van der Waals surface area (Å²) >= 11 is 0. The lowest BCUT2D eigenvalue weighted by Crippen LogP contribution is -2.40. The molecule has 142 valence electrons. The van der Waals surface area contributed by atoms with E-state index in [9.17, 15) is 18.3 Å². The van der Waals surface area contributed by atoms with Gasteiger partial charge in [-0.3, -0.25) is 4.79 Å². The highest BCUT2D eigenvalue weighted by Crippen LogP contribution is 2.17. The van der Waals surface area contributed by atoms with Gasteiger partial charge in [0.1, 0.15) is 0 Å². The SMILES string of the molecule is CC(C)N(C)S(=O)(=O)c1ccc(CNC(=O)C2CC(O)CN2)cc1.Cl. The number of β-amino-alcohol motifs (C(OH)–C–C–N with tert-alkyl or cyclic N) is 1. The van der Waals surface area contributed by atoms with Crippen molar-refractivity contribution in [1.82, 2.24) is 14.9 Å². The van der Waals surface area contributed by atoms with Gasteiger partial charge in [-0.15, -0.1) is 12.4 Å². The molecule has 1 aliphatic heterocycles. The molecule has 1 aromatic carbocycles. The first-order chi connectivity index (χ1) is 11.2. The van der Waals surface area contributed by atoms with Crippen LogP contribution in [0.15, 0.2) is 29.2 Å². The fourth-order valence-electron chi connectivity index (χ4n) is 2.45. The fraction of sp³-hybridized carbons (Fsp3) is 0.562. The molecule has 25 heavy (non-hydrogen) atoms. The zero-order chi connectivity index (χ0) is 17.9. The highest BCUT2D eigenvalue weighted by Gasteiger charge is 2.27. The van der Waals surface area contributed by atoms with Gasteiger partial charge in [0, 0.05) is 26.2 Å². The third-order valence-corrected chi connectivity index (χ3v) is 6.27. The maximum atomic E-state index is 12.4. The lowest BCUT2D eigenvalue weighted by molar-refractivity contribution is -0.123. The molecule has 0 radical (unpaired) electrons. The molecule has 0 saturated carbocycles. The minimum absolute atomic E-state index is 0. The predicted octanol–water partition coefficient (Wildman–Crippen LogP) is 0.476. The Balaban J connectivity index is 0.00000312. The normalized spacial score (nSPS) is 20.6. The average Bonchev–Trinajstić information content (AvgIpc) is 2.98. The lowest BCUT2D eigenvalue weighted by Gasteiger charge is -2.21. The number of hydrogen-bond donors (Lipinski definition) is 3. The number of amides is 1. The second kappa shape index (κ2) is 8.95. The van der Waals surface area contributed by atoms with Crippen molar-refractivity contribution in [2.24, 2.45) is 0 Å². The molecule has 2 atom stereocenters. The summed E-state index contributed by atoms with van der Waals surface area (Å²) in [4.78, 5) is 12.2. The maximum Gasteiger partial charge on any atom is 0.243 e. The van der Waals surface area contributed by atoms with Crippen LogP contribution in [-0.4, -0.2) is 55.5 Å². The number of halogens is 1. The van der Waals surface area contributed by atoms with Crippen LogP contribution in [-0.2, 0) is 21.4 Å². The van der Waals surface area contributed by atoms with Crippen molar-refractivity contribution >= 4 is 28.3 Å². The molecule has 2 unspecified atom stereocenters. The Hall–Kier alpha value is -1.19. The van der Waals surface area contributed by atoms with Gasteiger partial charge < -0.3 is 15.7 Å². The molecule has 7 nitrogen and oxygen atoms in total. The monoisotopic (exact) mass is 391 g/mol. The molecule has 0 spiro atoms. The van der Waals surface area contributed by atoms with Crippen LogP contribution in [0.1, 0.15) is 25.8 Å². The van der Waals surface area contributed by atoms with Crippen molar-refractivity contribution < 1.29 is 18.3 Å². The van der Waals surface area contributed by atoms with Crippen molar-refractivity contribution in [3.8, 4) is 0 Å². The quantitative estimate of drug-likeness (QED) is 0.655. The standard InChI is InChI=1S/C16H25N3O4S.ClH/c1-11(2)19(3)24(22,23)14-6-4-12(5-7-14)9-18-16(21)15-8-13(20)10-17-15;/h4-7,11,13,15,17,20H,8-10H2,1-3H3,(H,18,21);1H. The minimum atomic E-state index is -3.50. The molecule has 0 aliphatic carbocycles. The van der Waals surface area contributed by atoms with Crippen LogP contribution in [0.3, 0.4) is 0 Å². The largest absolute Gasteiger partial charge is 0.392 e. The first-order valence-electron chi connectivity index (χ1n) is 7.98. The van der Waals surface area contributed by atoms with E-state index in [0.717, 1.165) is 5.56 Å². The number of nitrogens with zero attached hydrogens (tertiary/aromatic N) is 1. The van der Waals surface area contributed by atoms with Crippen molar-refractivity contribution in [3.63, 3.8) is 0 Å². The molecule has 2 rings (SSSR count). The average molecular weight is 392 g/mol. The van der Waals surface area contributed by atoms with E-state index in [1.807, 2.05) is 13.8 Å². The number of sulfonamides is 1. The first kappa shape index (κ1) is 21.9. The van der Waals surface area contributed by atoms with Crippen molar-refractivity contribution in [3.05, 3.63) is 29.8 Å². The number of rotatable bonds is 6. The molecule has 1 aliphatic rings. The summed E-state index contributed by atoms with van der Waals surface area (Å²) in [6.45, 7) is 4.37. The summed E-state index contributed by atoms with van der Waals surface area (Å²) in [6, 6.07) is 5.99. The topological polar surface area (TPSA) is 98.7 Å². The highest BCUT2D eigenvalue weighted by molar-refractivity contribution is 7.89. The Labute approximate surface area is 155 Å². The number of aliphatic hydroxyl groups excluding tert-OH is 1. The molecule has 1 saturated heterocycles. The third-order valence-electron chi connectivity index (χ3n) is 4.22. The Bertz CT molecular complexity index is 679. The molecule has 1 fully saturated rings. The van der Waals surface area contributed by atoms with Gasteiger partial charge in [-0.05, 0) is 38.0 Å². The lowest BCUT2D eigenvalue weighted by atomic mass is 10.2. The van der Waals surface area contributed by atoms with E-state index < -0.39 is 16.1 Å². The van der Waals surface area contributed by atoms with E-state index in [1.54, 1.807) is 31.3 Å². The molecule has 1 heterocycles. The van der Waals surface area contributed by atoms with Gasteiger partial charge >= 0.3 is 0 Å². The Morgan fingerprint density at radius 2 is 1.96 bits per heavy atom. The van der Waals surface area contributed by atoms with Crippen LogP contribution < -0.4 is 10.6 Å². The van der Waals surface area contributed by atoms with Crippen molar-refractivity contribution in [2.45, 2.75) is 49.9 Å². The van der Waals surface area contributed by atoms with Crippen LogP contribution in [0.5, 0.6) is 0 Å². The molecule has 9 heteroatoms. The van der Waals surface area contributed by atoms with Crippen LogP contribution in [0.2, 0.25) is 0 Å². The van der Waals surface area contributed by atoms with E-state index in [4.69, 9.17) is 0 Å². The molecule has 3 N–H and O–H groups in total. The van der Waals surface area contributed by atoms with Crippen molar-refractivity contribution in [2.75, 3.05) is 13.6 Å². The Morgan fingerprint density at radius 3 is 2.44 bits per heavy atom. The van der Waals surface area contributed by atoms with E-state index >= 15 is 0 Å². The van der Waals surface area contributed by atoms with Crippen LogP contribution in [0.4, 0.5) is 0 Å². The minimum Gasteiger partial charge on any atom is -0.392 e. The van der Waals surface area contributed by atoms with Crippen LogP contribution in [0.25, 0.3) is 0 Å². The summed E-state index contributed by atoms with van der Waals surface area (Å²) in [5, 5.41) is 15.2. The van der Waals surface area contributed by atoms with Gasteiger partial charge in [0.15, 0.2) is 0 Å². The van der Waals surface area contributed by atoms with Gasteiger partial charge in [-0.2, -0.15) is 4.31 Å². The number of hydrogen-bond acceptors (Lipinski definition) is 5. The van der Waals surface area contributed by atoms with Gasteiger partial charge in [-0.1, -0.05) is 12.1 Å². The number of benzene rings is 1. The molecule has 0 bridgehead atoms. The Morgan fingerprint density at radius 1 is 1.36 bits per heavy atom. The summed E-state index contributed by atoms with van der Waals surface area (Å²) < 4.78 is 26.1. The second-order valence-electron chi connectivity index (χ2n) is 6.33. The van der Waals surface area contributed by atoms with E-state index in [1.165, 1.54) is 4.31 Å². The Kier molecular flexibility index (Phi) is 7.83. The summed E-state index contributed by atoms with van der Waals surface area (Å²) in [5.41, 5.74) is 0.813. The zero-order valence-electron chi connectivity index (χ0n) is 14.6. The van der Waals surface area contributed by atoms with Crippen LogP contribution >= 0.6 is 12.4 Å². The number of carbonyl (C=O) groups is 1. The smallest absolute Gasteiger partial charge is 0.243 e. The maximum absolute atomic E-state index is 12.4. The van der Waals surface area contributed by atoms with Crippen LogP contribution in [0, 0.1) is 0 Å². The molecule has 1 aromatic rings. The van der Waals surface area contributed by atoms with Gasteiger partial charge in [0.2, 0.25) is 15.9 Å². The first-order valence-corrected chi connectivity index (χ1v) is 9.42. The number of carbonyl (C=O) groups excluding carboxylic acids is 1. The number of aliphatic hydroxyl groups is 1. The summed E-state index contributed by atoms with van der Waals surface area (Å²) in [5.74, 6) is -0.164. The molecule has 0 aromatic heterocycles. The summed E-state index contributed by atoms with van der Waals surface area (Å²) in [6.07, 6.45) is -0.0759. The van der Waals surface area contributed by atoms with Gasteiger partial charge in [-0.25, -0.2) is 8.42 Å². The van der Waals surface area contributed by atoms with E-state index in [2.05, 4.69) is 10.6 Å². The van der Waals surface area contributed by atoms with Crippen molar-refractivity contribution in [1.29, 1.82) is 0 Å². The second-order valence-corrected chi connectivity index (χ2v) is 8.32. The predicted molar refractivity (Wildman–Crippen MR) is 98.0 cm³/mol. The molecule has 1 amide bonds. The third kappa shape index (κ3) is 5.39. The van der Waals surface area contributed by atoms with E-state index in [0.29, 0.717) is 19.5 Å². The fourth-order valence-corrected chi connectivity index (χ4v) is 3.82. The molecular weight excluding hydrogens is 366 g/mol. The van der Waals surface area contributed by atoms with Gasteiger partial charge in [0.05, 0.1) is 17.0 Å².